The standard InChI is InChI=1S/C8H6BrF2NO2/c1-14-8(13)6-2-4(7(10)11)5(9)3-12-6/h2-3,7H,1H3. The molecule has 1 aromatic rings. The second kappa shape index (κ2) is 4.45. The van der Waals surface area contributed by atoms with Gasteiger partial charge in [0.15, 0.2) is 0 Å². The monoisotopic (exact) mass is 265 g/mol. The summed E-state index contributed by atoms with van der Waals surface area (Å²) in [6.45, 7) is 0. The number of hydrogen-bond acceptors (Lipinski definition) is 3. The summed E-state index contributed by atoms with van der Waals surface area (Å²) in [7, 11) is 1.16. The normalized spacial score (nSPS) is 10.4. The maximum Gasteiger partial charge on any atom is 0.356 e. The molecule has 14 heavy (non-hydrogen) atoms. The Balaban J connectivity index is 3.13. The topological polar surface area (TPSA) is 39.2 Å². The van der Waals surface area contributed by atoms with Gasteiger partial charge in [0.2, 0.25) is 0 Å². The second-order valence-corrected chi connectivity index (χ2v) is 3.24. The van der Waals surface area contributed by atoms with E-state index in [0.29, 0.717) is 0 Å². The van der Waals surface area contributed by atoms with E-state index in [4.69, 9.17) is 0 Å². The van der Waals surface area contributed by atoms with Crippen molar-refractivity contribution >= 4 is 21.9 Å². The first-order chi connectivity index (χ1) is 6.56. The third-order valence-electron chi connectivity index (χ3n) is 1.51. The van der Waals surface area contributed by atoms with Crippen LogP contribution in [-0.2, 0) is 4.74 Å². The Morgan fingerprint density at radius 2 is 2.29 bits per heavy atom. The molecule has 3 nitrogen and oxygen atoms in total. The van der Waals surface area contributed by atoms with Gasteiger partial charge >= 0.3 is 5.97 Å². The van der Waals surface area contributed by atoms with Crippen molar-refractivity contribution in [3.05, 3.63) is 28.0 Å². The van der Waals surface area contributed by atoms with E-state index in [1.165, 1.54) is 0 Å². The first-order valence-corrected chi connectivity index (χ1v) is 4.37. The fourth-order valence-electron chi connectivity index (χ4n) is 0.838. The molecule has 0 atom stereocenters. The number of rotatable bonds is 2. The van der Waals surface area contributed by atoms with Crippen molar-refractivity contribution in [2.75, 3.05) is 7.11 Å². The highest BCUT2D eigenvalue weighted by atomic mass is 79.9. The molecule has 1 aromatic heterocycles. The number of methoxy groups -OCH3 is 1. The SMILES string of the molecule is COC(=O)c1cc(C(F)F)c(Br)cn1. The van der Waals surface area contributed by atoms with Crippen LogP contribution in [0, 0.1) is 0 Å². The molecule has 0 spiro atoms. The van der Waals surface area contributed by atoms with Crippen molar-refractivity contribution in [2.24, 2.45) is 0 Å². The van der Waals surface area contributed by atoms with Crippen LogP contribution in [0.15, 0.2) is 16.7 Å². The maximum absolute atomic E-state index is 12.4. The molecule has 0 aliphatic rings. The molecule has 0 saturated carbocycles. The van der Waals surface area contributed by atoms with E-state index < -0.39 is 12.4 Å². The largest absolute Gasteiger partial charge is 0.464 e. The predicted octanol–water partition coefficient (Wildman–Crippen LogP) is 2.57. The van der Waals surface area contributed by atoms with Gasteiger partial charge < -0.3 is 4.74 Å². The van der Waals surface area contributed by atoms with Crippen molar-refractivity contribution in [1.29, 1.82) is 0 Å². The van der Waals surface area contributed by atoms with Crippen molar-refractivity contribution in [2.45, 2.75) is 6.43 Å². The summed E-state index contributed by atoms with van der Waals surface area (Å²) in [6.07, 6.45) is -1.51. The molecule has 0 saturated heterocycles. The van der Waals surface area contributed by atoms with E-state index in [9.17, 15) is 13.6 Å². The van der Waals surface area contributed by atoms with Gasteiger partial charge in [-0.3, -0.25) is 0 Å². The molecule has 0 radical (unpaired) electrons. The second-order valence-electron chi connectivity index (χ2n) is 2.38. The van der Waals surface area contributed by atoms with Crippen LogP contribution in [0.1, 0.15) is 22.5 Å². The van der Waals surface area contributed by atoms with E-state index in [1.807, 2.05) is 0 Å². The number of aromatic nitrogens is 1. The molecule has 1 heterocycles. The van der Waals surface area contributed by atoms with E-state index >= 15 is 0 Å². The van der Waals surface area contributed by atoms with E-state index in [0.717, 1.165) is 19.4 Å². The van der Waals surface area contributed by atoms with Crippen molar-refractivity contribution in [1.82, 2.24) is 4.98 Å². The quantitative estimate of drug-likeness (QED) is 0.772. The Bertz CT molecular complexity index is 357. The van der Waals surface area contributed by atoms with Gasteiger partial charge in [-0.1, -0.05) is 0 Å². The average molecular weight is 266 g/mol. The Kier molecular flexibility index (Phi) is 3.51. The van der Waals surface area contributed by atoms with Gasteiger partial charge in [-0.15, -0.1) is 0 Å². The van der Waals surface area contributed by atoms with Crippen LogP contribution in [0.3, 0.4) is 0 Å². The Morgan fingerprint density at radius 1 is 1.64 bits per heavy atom. The molecule has 0 aliphatic heterocycles. The molecular weight excluding hydrogens is 260 g/mol. The Labute approximate surface area is 87.2 Å². The van der Waals surface area contributed by atoms with Gasteiger partial charge in [0, 0.05) is 16.2 Å². The highest BCUT2D eigenvalue weighted by Crippen LogP contribution is 2.27. The summed E-state index contributed by atoms with van der Waals surface area (Å²) in [5.74, 6) is -0.737. The van der Waals surface area contributed by atoms with Crippen molar-refractivity contribution in [3.63, 3.8) is 0 Å². The molecule has 0 N–H and O–H groups in total. The van der Waals surface area contributed by atoms with Gasteiger partial charge in [0.25, 0.3) is 6.43 Å². The number of carbonyl (C=O) groups excluding carboxylic acids is 1. The van der Waals surface area contributed by atoms with Crippen LogP contribution in [0.25, 0.3) is 0 Å². The Morgan fingerprint density at radius 3 is 2.79 bits per heavy atom. The highest BCUT2D eigenvalue weighted by Gasteiger charge is 2.16. The molecule has 0 fully saturated rings. The van der Waals surface area contributed by atoms with Crippen LogP contribution in [-0.4, -0.2) is 18.1 Å². The summed E-state index contributed by atoms with van der Waals surface area (Å²) < 4.78 is 29.2. The minimum Gasteiger partial charge on any atom is -0.464 e. The first kappa shape index (κ1) is 11.0. The van der Waals surface area contributed by atoms with Crippen LogP contribution < -0.4 is 0 Å². The van der Waals surface area contributed by atoms with E-state index in [-0.39, 0.29) is 15.7 Å². The number of pyridine rings is 1. The minimum absolute atomic E-state index is 0.133. The third kappa shape index (κ3) is 2.25. The van der Waals surface area contributed by atoms with Crippen molar-refractivity contribution in [3.8, 4) is 0 Å². The molecule has 0 unspecified atom stereocenters. The zero-order valence-corrected chi connectivity index (χ0v) is 8.72. The Hall–Kier alpha value is -1.04. The number of alkyl halides is 2. The van der Waals surface area contributed by atoms with Gasteiger partial charge in [-0.25, -0.2) is 18.6 Å². The molecule has 6 heteroatoms. The van der Waals surface area contributed by atoms with E-state index in [1.54, 1.807) is 0 Å². The lowest BCUT2D eigenvalue weighted by Gasteiger charge is -2.04. The molecule has 0 aromatic carbocycles. The summed E-state index contributed by atoms with van der Waals surface area (Å²) in [4.78, 5) is 14.6. The average Bonchev–Trinajstić information content (AvgIpc) is 2.17. The number of ether oxygens (including phenoxy) is 1. The summed E-state index contributed by atoms with van der Waals surface area (Å²) >= 11 is 2.91. The fourth-order valence-corrected chi connectivity index (χ4v) is 1.23. The van der Waals surface area contributed by atoms with Crippen LogP contribution >= 0.6 is 15.9 Å². The molecule has 0 amide bonds. The molecular formula is C8H6BrF2NO2. The number of carbonyl (C=O) groups is 1. The fraction of sp³-hybridized carbons (Fsp3) is 0.250. The number of hydrogen-bond donors (Lipinski definition) is 0. The summed E-state index contributed by atoms with van der Waals surface area (Å²) in [6, 6.07) is 1.00. The molecule has 1 rings (SSSR count). The maximum atomic E-state index is 12.4. The number of nitrogens with zero attached hydrogens (tertiary/aromatic N) is 1. The van der Waals surface area contributed by atoms with Gasteiger partial charge in [0.05, 0.1) is 7.11 Å². The van der Waals surface area contributed by atoms with Crippen LogP contribution in [0.4, 0.5) is 8.78 Å². The van der Waals surface area contributed by atoms with Gasteiger partial charge in [-0.2, -0.15) is 0 Å². The number of esters is 1. The lowest BCUT2D eigenvalue weighted by molar-refractivity contribution is 0.0593. The minimum atomic E-state index is -2.66. The highest BCUT2D eigenvalue weighted by molar-refractivity contribution is 9.10. The smallest absolute Gasteiger partial charge is 0.356 e. The van der Waals surface area contributed by atoms with Gasteiger partial charge in [0.1, 0.15) is 5.69 Å². The zero-order chi connectivity index (χ0) is 10.7. The molecule has 0 aliphatic carbocycles. The third-order valence-corrected chi connectivity index (χ3v) is 2.18. The van der Waals surface area contributed by atoms with Gasteiger partial charge in [-0.05, 0) is 22.0 Å². The van der Waals surface area contributed by atoms with E-state index in [2.05, 4.69) is 25.7 Å². The summed E-state index contributed by atoms with van der Waals surface area (Å²) in [5, 5.41) is 0. The molecule has 0 bridgehead atoms. The lowest BCUT2D eigenvalue weighted by Crippen LogP contribution is -2.05. The molecule has 76 valence electrons. The predicted molar refractivity (Wildman–Crippen MR) is 48.2 cm³/mol. The van der Waals surface area contributed by atoms with Crippen LogP contribution in [0.5, 0.6) is 0 Å². The van der Waals surface area contributed by atoms with Crippen molar-refractivity contribution < 1.29 is 18.3 Å². The lowest BCUT2D eigenvalue weighted by atomic mass is 10.2. The first-order valence-electron chi connectivity index (χ1n) is 3.58. The summed E-state index contributed by atoms with van der Waals surface area (Å²) in [5.41, 5.74) is -0.411. The zero-order valence-electron chi connectivity index (χ0n) is 7.13. The van der Waals surface area contributed by atoms with Crippen LogP contribution in [0.2, 0.25) is 0 Å². The number of halogens is 3.